The molecule has 1 unspecified atom stereocenters. The van der Waals surface area contributed by atoms with E-state index in [1.165, 1.54) is 6.42 Å². The first-order valence-corrected chi connectivity index (χ1v) is 10.4. The summed E-state index contributed by atoms with van der Waals surface area (Å²) in [5, 5.41) is 4.67. The molecule has 1 aromatic carbocycles. The maximum Gasteiger partial charge on any atom is 0.186 e. The van der Waals surface area contributed by atoms with Gasteiger partial charge in [0.1, 0.15) is 11.4 Å². The van der Waals surface area contributed by atoms with Crippen molar-refractivity contribution in [3.8, 4) is 5.75 Å². The molecule has 0 saturated carbocycles. The first-order valence-electron chi connectivity index (χ1n) is 9.63. The first-order chi connectivity index (χ1) is 12.9. The van der Waals surface area contributed by atoms with Crippen LogP contribution in [0.25, 0.3) is 10.2 Å². The van der Waals surface area contributed by atoms with Gasteiger partial charge in [-0.05, 0) is 30.2 Å². The number of hydrogen-bond acceptors (Lipinski definition) is 7. The van der Waals surface area contributed by atoms with E-state index in [1.54, 1.807) is 11.3 Å². The average molecular weight is 391 g/mol. The quantitative estimate of drug-likeness (QED) is 0.621. The summed E-state index contributed by atoms with van der Waals surface area (Å²) in [6.45, 7) is 12.9. The molecule has 27 heavy (non-hydrogen) atoms. The third kappa shape index (κ3) is 5.39. The highest BCUT2D eigenvalue weighted by molar-refractivity contribution is 7.22. The number of anilines is 1. The van der Waals surface area contributed by atoms with Crippen LogP contribution >= 0.6 is 11.3 Å². The summed E-state index contributed by atoms with van der Waals surface area (Å²) in [6.07, 6.45) is 2.16. The van der Waals surface area contributed by atoms with Gasteiger partial charge in [0, 0.05) is 19.2 Å². The molecule has 1 aromatic heterocycles. The molecular formula is C20H30N4O2S. The van der Waals surface area contributed by atoms with E-state index in [2.05, 4.69) is 37.7 Å². The molecule has 148 valence electrons. The zero-order chi connectivity index (χ0) is 19.4. The van der Waals surface area contributed by atoms with Gasteiger partial charge in [0.05, 0.1) is 30.0 Å². The second-order valence-corrected chi connectivity index (χ2v) is 9.51. The van der Waals surface area contributed by atoms with E-state index >= 15 is 0 Å². The molecule has 2 aromatic rings. The number of thiazole rings is 1. The minimum Gasteiger partial charge on any atom is -0.491 e. The predicted molar refractivity (Wildman–Crippen MR) is 111 cm³/mol. The van der Waals surface area contributed by atoms with Crippen LogP contribution in [0, 0.1) is 16.9 Å². The Morgan fingerprint density at radius 3 is 2.74 bits per heavy atom. The number of nitrogens with zero attached hydrogens (tertiary/aromatic N) is 3. The maximum absolute atomic E-state index is 7.50. The normalized spacial score (nSPS) is 16.5. The van der Waals surface area contributed by atoms with Crippen molar-refractivity contribution < 1.29 is 9.47 Å². The van der Waals surface area contributed by atoms with Gasteiger partial charge in [0.15, 0.2) is 5.13 Å². The molecule has 3 rings (SSSR count). The van der Waals surface area contributed by atoms with Gasteiger partial charge in [-0.3, -0.25) is 0 Å². The lowest BCUT2D eigenvalue weighted by Gasteiger charge is -2.25. The summed E-state index contributed by atoms with van der Waals surface area (Å²) < 4.78 is 12.5. The van der Waals surface area contributed by atoms with Crippen molar-refractivity contribution in [3.63, 3.8) is 0 Å². The number of ether oxygens (including phenoxy) is 2. The monoisotopic (exact) mass is 390 g/mol. The van der Waals surface area contributed by atoms with Crippen LogP contribution in [0.15, 0.2) is 17.2 Å². The minimum atomic E-state index is 0.330. The summed E-state index contributed by atoms with van der Waals surface area (Å²) in [4.78, 5) is 7.02. The molecule has 1 saturated heterocycles. The van der Waals surface area contributed by atoms with E-state index in [9.17, 15) is 0 Å². The van der Waals surface area contributed by atoms with Crippen molar-refractivity contribution in [2.75, 3.05) is 37.8 Å². The second kappa shape index (κ2) is 8.52. The van der Waals surface area contributed by atoms with Gasteiger partial charge in [0.25, 0.3) is 0 Å². The van der Waals surface area contributed by atoms with E-state index in [1.807, 2.05) is 12.1 Å². The van der Waals surface area contributed by atoms with E-state index < -0.39 is 0 Å². The Balaban J connectivity index is 1.70. The van der Waals surface area contributed by atoms with Crippen LogP contribution in [-0.2, 0) is 4.74 Å². The highest BCUT2D eigenvalue weighted by atomic mass is 32.1. The highest BCUT2D eigenvalue weighted by Gasteiger charge is 2.18. The van der Waals surface area contributed by atoms with Crippen LogP contribution in [0.3, 0.4) is 0 Å². The summed E-state index contributed by atoms with van der Waals surface area (Å²) in [5.41, 5.74) is 9.31. The van der Waals surface area contributed by atoms with Crippen molar-refractivity contribution in [2.24, 2.45) is 16.4 Å². The molecule has 0 spiro atoms. The third-order valence-electron chi connectivity index (χ3n) is 4.69. The fourth-order valence-electron chi connectivity index (χ4n) is 3.54. The molecule has 6 nitrogen and oxygen atoms in total. The Morgan fingerprint density at radius 1 is 1.33 bits per heavy atom. The largest absolute Gasteiger partial charge is 0.491 e. The SMILES string of the molecule is CC(CCOc1cc2nc(N3CCOCC3)sc2cc1N=N)CC(C)(C)C. The van der Waals surface area contributed by atoms with E-state index in [-0.39, 0.29) is 0 Å². The summed E-state index contributed by atoms with van der Waals surface area (Å²) in [7, 11) is 0. The summed E-state index contributed by atoms with van der Waals surface area (Å²) in [5.74, 6) is 1.25. The molecule has 2 heterocycles. The molecule has 1 fully saturated rings. The van der Waals surface area contributed by atoms with Crippen LogP contribution in [0.2, 0.25) is 0 Å². The third-order valence-corrected chi connectivity index (χ3v) is 5.77. The van der Waals surface area contributed by atoms with Crippen LogP contribution in [0.1, 0.15) is 40.5 Å². The minimum absolute atomic E-state index is 0.330. The molecule has 0 amide bonds. The Labute approximate surface area is 165 Å². The van der Waals surface area contributed by atoms with Crippen LogP contribution < -0.4 is 9.64 Å². The molecule has 1 atom stereocenters. The summed E-state index contributed by atoms with van der Waals surface area (Å²) in [6, 6.07) is 3.84. The average Bonchev–Trinajstić information content (AvgIpc) is 3.03. The van der Waals surface area contributed by atoms with Crippen LogP contribution in [0.4, 0.5) is 10.8 Å². The number of fused-ring (bicyclic) bond motifs is 1. The molecule has 7 heteroatoms. The number of benzene rings is 1. The zero-order valence-corrected chi connectivity index (χ0v) is 17.6. The number of morpholine rings is 1. The van der Waals surface area contributed by atoms with Crippen molar-refractivity contribution in [1.82, 2.24) is 4.98 Å². The van der Waals surface area contributed by atoms with Gasteiger partial charge in [-0.15, -0.1) is 0 Å². The standard InChI is InChI=1S/C20H30N4O2S/c1-14(13-20(2,3)4)5-8-26-17-11-16-18(12-15(17)23-21)27-19(22-16)24-6-9-25-10-7-24/h11-12,14,21H,5-10,13H2,1-4H3. The van der Waals surface area contributed by atoms with E-state index in [0.29, 0.717) is 29.4 Å². The van der Waals surface area contributed by atoms with E-state index in [4.69, 9.17) is 20.0 Å². The van der Waals surface area contributed by atoms with E-state index in [0.717, 1.165) is 48.1 Å². The number of rotatable bonds is 7. The lowest BCUT2D eigenvalue weighted by Crippen LogP contribution is -2.36. The van der Waals surface area contributed by atoms with Crippen molar-refractivity contribution in [3.05, 3.63) is 12.1 Å². The maximum atomic E-state index is 7.50. The van der Waals surface area contributed by atoms with Gasteiger partial charge in [-0.25, -0.2) is 10.5 Å². The number of aromatic nitrogens is 1. The smallest absolute Gasteiger partial charge is 0.186 e. The van der Waals surface area contributed by atoms with Crippen molar-refractivity contribution in [1.29, 1.82) is 5.53 Å². The fourth-order valence-corrected chi connectivity index (χ4v) is 4.57. The molecule has 1 N–H and O–H groups in total. The van der Waals surface area contributed by atoms with Crippen molar-refractivity contribution in [2.45, 2.75) is 40.5 Å². The van der Waals surface area contributed by atoms with Gasteiger partial charge < -0.3 is 14.4 Å². The highest BCUT2D eigenvalue weighted by Crippen LogP contribution is 2.38. The van der Waals surface area contributed by atoms with Crippen molar-refractivity contribution >= 4 is 32.4 Å². The van der Waals surface area contributed by atoms with Crippen LogP contribution in [-0.4, -0.2) is 37.9 Å². The lowest BCUT2D eigenvalue weighted by atomic mass is 9.84. The number of hydrogen-bond donors (Lipinski definition) is 1. The van der Waals surface area contributed by atoms with Crippen LogP contribution in [0.5, 0.6) is 5.75 Å². The molecule has 1 aliphatic rings. The zero-order valence-electron chi connectivity index (χ0n) is 16.7. The van der Waals surface area contributed by atoms with Gasteiger partial charge >= 0.3 is 0 Å². The van der Waals surface area contributed by atoms with Gasteiger partial charge in [0.2, 0.25) is 0 Å². The molecule has 0 radical (unpaired) electrons. The lowest BCUT2D eigenvalue weighted by molar-refractivity contribution is 0.122. The second-order valence-electron chi connectivity index (χ2n) is 8.50. The fraction of sp³-hybridized carbons (Fsp3) is 0.650. The topological polar surface area (TPSA) is 70.8 Å². The molecule has 0 bridgehead atoms. The molecule has 0 aliphatic carbocycles. The Hall–Kier alpha value is -1.73. The summed E-state index contributed by atoms with van der Waals surface area (Å²) >= 11 is 1.64. The first kappa shape index (κ1) is 20.0. The molecule has 1 aliphatic heterocycles. The van der Waals surface area contributed by atoms with Gasteiger partial charge in [-0.1, -0.05) is 39.0 Å². The Bertz CT molecular complexity index is 778. The Kier molecular flexibility index (Phi) is 6.32. The van der Waals surface area contributed by atoms with Gasteiger partial charge in [-0.2, -0.15) is 5.11 Å². The number of nitrogens with one attached hydrogen (secondary N) is 1. The predicted octanol–water partition coefficient (Wildman–Crippen LogP) is 5.64. The Morgan fingerprint density at radius 2 is 2.07 bits per heavy atom. The molecular weight excluding hydrogens is 360 g/mol.